The van der Waals surface area contributed by atoms with Crippen molar-refractivity contribution in [1.82, 2.24) is 9.97 Å². The lowest BCUT2D eigenvalue weighted by Crippen LogP contribution is -2.17. The number of hydrogen-bond donors (Lipinski definition) is 1. The van der Waals surface area contributed by atoms with Gasteiger partial charge in [-0.15, -0.1) is 0 Å². The summed E-state index contributed by atoms with van der Waals surface area (Å²) in [5.41, 5.74) is 8.17. The minimum Gasteiger partial charge on any atom is -0.454 e. The first-order valence-electron chi connectivity index (χ1n) is 12.3. The second kappa shape index (κ2) is 9.62. The molecule has 0 atom stereocenters. The molecule has 1 aliphatic carbocycles. The van der Waals surface area contributed by atoms with Gasteiger partial charge in [-0.3, -0.25) is 9.59 Å². The fourth-order valence-corrected chi connectivity index (χ4v) is 5.21. The van der Waals surface area contributed by atoms with E-state index < -0.39 is 12.6 Å². The fraction of sp³-hybridized carbons (Fsp3) is 0.226. The third kappa shape index (κ3) is 4.51. The average molecular weight is 493 g/mol. The highest BCUT2D eigenvalue weighted by Crippen LogP contribution is 2.38. The number of Topliss-reactive ketones (excluding diaryl/α,β-unsaturated/α-hetero) is 2. The van der Waals surface area contributed by atoms with Crippen LogP contribution in [0.5, 0.6) is 0 Å². The minimum atomic E-state index is -0.549. The molecule has 1 N–H and O–H groups in total. The largest absolute Gasteiger partial charge is 0.454 e. The van der Waals surface area contributed by atoms with Crippen LogP contribution in [0, 0.1) is 20.8 Å². The summed E-state index contributed by atoms with van der Waals surface area (Å²) in [4.78, 5) is 46.2. The van der Waals surface area contributed by atoms with Gasteiger partial charge in [-0.05, 0) is 74.9 Å². The van der Waals surface area contributed by atoms with Gasteiger partial charge in [-0.2, -0.15) is 0 Å². The van der Waals surface area contributed by atoms with Crippen LogP contribution in [0.2, 0.25) is 0 Å². The van der Waals surface area contributed by atoms with E-state index in [1.54, 1.807) is 13.8 Å². The Morgan fingerprint density at radius 2 is 1.70 bits per heavy atom. The third-order valence-electron chi connectivity index (χ3n) is 6.97. The van der Waals surface area contributed by atoms with E-state index in [9.17, 15) is 14.4 Å². The third-order valence-corrected chi connectivity index (χ3v) is 6.97. The molecule has 0 saturated heterocycles. The molecular weight excluding hydrogens is 464 g/mol. The molecule has 0 radical (unpaired) electrons. The number of pyridine rings is 1. The first-order chi connectivity index (χ1) is 17.7. The summed E-state index contributed by atoms with van der Waals surface area (Å²) in [5.74, 6) is -1.04. The molecule has 0 bridgehead atoms. The molecule has 0 saturated carbocycles. The average Bonchev–Trinajstić information content (AvgIpc) is 3.41. The molecule has 0 unspecified atom stereocenters. The SMILES string of the molecule is CC(=O)c1c(C)[nH]c(C(=O)COC(=O)c2c3c(nc4ccccc24)C(=Cc2ccc(C)cc2)CC3)c1C. The van der Waals surface area contributed by atoms with E-state index in [2.05, 4.69) is 42.2 Å². The van der Waals surface area contributed by atoms with Gasteiger partial charge in [0.25, 0.3) is 0 Å². The number of nitrogens with zero attached hydrogens (tertiary/aromatic N) is 1. The smallest absolute Gasteiger partial charge is 0.339 e. The van der Waals surface area contributed by atoms with E-state index in [1.807, 2.05) is 24.3 Å². The molecule has 2 aromatic heterocycles. The summed E-state index contributed by atoms with van der Waals surface area (Å²) in [6.45, 7) is 6.57. The maximum atomic E-state index is 13.4. The molecule has 6 nitrogen and oxygen atoms in total. The number of rotatable bonds is 6. The van der Waals surface area contributed by atoms with Gasteiger partial charge >= 0.3 is 5.97 Å². The van der Waals surface area contributed by atoms with E-state index in [1.165, 1.54) is 12.5 Å². The summed E-state index contributed by atoms with van der Waals surface area (Å²) < 4.78 is 5.57. The zero-order valence-corrected chi connectivity index (χ0v) is 21.4. The number of carbonyl (C=O) groups is 3. The van der Waals surface area contributed by atoms with Gasteiger partial charge < -0.3 is 9.72 Å². The van der Waals surface area contributed by atoms with Crippen molar-refractivity contribution in [3.05, 3.63) is 99.0 Å². The van der Waals surface area contributed by atoms with Gasteiger partial charge in [-0.25, -0.2) is 9.78 Å². The van der Waals surface area contributed by atoms with Gasteiger partial charge in [0, 0.05) is 16.6 Å². The van der Waals surface area contributed by atoms with E-state index in [0.29, 0.717) is 45.4 Å². The maximum absolute atomic E-state index is 13.4. The lowest BCUT2D eigenvalue weighted by Gasteiger charge is -2.12. The fourth-order valence-electron chi connectivity index (χ4n) is 5.21. The van der Waals surface area contributed by atoms with Crippen molar-refractivity contribution in [2.45, 2.75) is 40.5 Å². The number of para-hydroxylation sites is 1. The van der Waals surface area contributed by atoms with Crippen molar-refractivity contribution in [2.75, 3.05) is 6.61 Å². The molecule has 186 valence electrons. The normalized spacial score (nSPS) is 13.7. The first-order valence-corrected chi connectivity index (χ1v) is 12.3. The van der Waals surface area contributed by atoms with Crippen molar-refractivity contribution >= 4 is 40.1 Å². The summed E-state index contributed by atoms with van der Waals surface area (Å²) in [5, 5.41) is 0.709. The molecule has 6 heteroatoms. The molecule has 2 heterocycles. The van der Waals surface area contributed by atoms with Crippen molar-refractivity contribution in [3.8, 4) is 0 Å². The summed E-state index contributed by atoms with van der Waals surface area (Å²) in [7, 11) is 0. The number of allylic oxidation sites excluding steroid dienone is 1. The Kier molecular flexibility index (Phi) is 6.34. The zero-order valence-electron chi connectivity index (χ0n) is 21.4. The number of fused-ring (bicyclic) bond motifs is 2. The lowest BCUT2D eigenvalue weighted by molar-refractivity contribution is 0.0474. The molecule has 2 aromatic carbocycles. The number of aromatic amines is 1. The maximum Gasteiger partial charge on any atom is 0.339 e. The number of esters is 1. The van der Waals surface area contributed by atoms with E-state index in [-0.39, 0.29) is 11.6 Å². The van der Waals surface area contributed by atoms with Crippen LogP contribution < -0.4 is 0 Å². The number of ether oxygens (including phenoxy) is 1. The van der Waals surface area contributed by atoms with Crippen LogP contribution in [0.1, 0.15) is 78.2 Å². The number of nitrogens with one attached hydrogen (secondary N) is 1. The van der Waals surface area contributed by atoms with Crippen molar-refractivity contribution in [3.63, 3.8) is 0 Å². The second-order valence-corrected chi connectivity index (χ2v) is 9.59. The predicted octanol–water partition coefficient (Wildman–Crippen LogP) is 6.22. The van der Waals surface area contributed by atoms with E-state index >= 15 is 0 Å². The Labute approximate surface area is 215 Å². The number of carbonyl (C=O) groups excluding carboxylic acids is 3. The number of ketones is 2. The highest BCUT2D eigenvalue weighted by molar-refractivity contribution is 6.09. The van der Waals surface area contributed by atoms with Gasteiger partial charge in [0.15, 0.2) is 12.4 Å². The topological polar surface area (TPSA) is 89.1 Å². The molecule has 4 aromatic rings. The summed E-state index contributed by atoms with van der Waals surface area (Å²) in [6.07, 6.45) is 3.55. The number of H-pyrrole nitrogens is 1. The first kappa shape index (κ1) is 24.4. The minimum absolute atomic E-state index is 0.115. The number of hydrogen-bond acceptors (Lipinski definition) is 5. The highest BCUT2D eigenvalue weighted by atomic mass is 16.5. The second-order valence-electron chi connectivity index (χ2n) is 9.59. The van der Waals surface area contributed by atoms with Crippen LogP contribution in [-0.4, -0.2) is 34.1 Å². The monoisotopic (exact) mass is 492 g/mol. The Balaban J connectivity index is 1.47. The van der Waals surface area contributed by atoms with Crippen LogP contribution in [0.15, 0.2) is 48.5 Å². The van der Waals surface area contributed by atoms with Crippen LogP contribution in [0.4, 0.5) is 0 Å². The van der Waals surface area contributed by atoms with Crippen LogP contribution in [-0.2, 0) is 11.2 Å². The number of aromatic nitrogens is 2. The van der Waals surface area contributed by atoms with Crippen molar-refractivity contribution in [1.29, 1.82) is 0 Å². The quantitative estimate of drug-likeness (QED) is 0.255. The van der Waals surface area contributed by atoms with Crippen LogP contribution in [0.3, 0.4) is 0 Å². The predicted molar refractivity (Wildman–Crippen MR) is 144 cm³/mol. The summed E-state index contributed by atoms with van der Waals surface area (Å²) in [6, 6.07) is 15.8. The molecule has 0 fully saturated rings. The zero-order chi connectivity index (χ0) is 26.3. The molecule has 1 aliphatic rings. The molecule has 0 aliphatic heterocycles. The van der Waals surface area contributed by atoms with Crippen molar-refractivity contribution < 1.29 is 19.1 Å². The molecule has 0 amide bonds. The Bertz CT molecular complexity index is 1610. The standard InChI is InChI=1S/C31H28N2O4/c1-17-9-11-21(12-10-17)15-22-13-14-24-28(23-7-5-6-8-25(23)33-30(22)24)31(36)37-16-26(35)29-18(2)27(20(4)34)19(3)32-29/h5-12,15,32H,13-14,16H2,1-4H3. The van der Waals surface area contributed by atoms with E-state index in [0.717, 1.165) is 28.8 Å². The van der Waals surface area contributed by atoms with Gasteiger partial charge in [0.1, 0.15) is 0 Å². The summed E-state index contributed by atoms with van der Waals surface area (Å²) >= 11 is 0. The number of benzene rings is 2. The van der Waals surface area contributed by atoms with Gasteiger partial charge in [0.05, 0.1) is 22.5 Å². The molecule has 37 heavy (non-hydrogen) atoms. The van der Waals surface area contributed by atoms with E-state index in [4.69, 9.17) is 9.72 Å². The Hall–Kier alpha value is -4.32. The molecular formula is C31H28N2O4. The lowest BCUT2D eigenvalue weighted by atomic mass is 10.0. The van der Waals surface area contributed by atoms with Gasteiger partial charge in [-0.1, -0.05) is 48.0 Å². The molecule has 5 rings (SSSR count). The number of aryl methyl sites for hydroxylation is 2. The van der Waals surface area contributed by atoms with Gasteiger partial charge in [0.2, 0.25) is 5.78 Å². The molecule has 0 spiro atoms. The van der Waals surface area contributed by atoms with Crippen LogP contribution in [0.25, 0.3) is 22.6 Å². The Morgan fingerprint density at radius 3 is 2.41 bits per heavy atom. The highest BCUT2D eigenvalue weighted by Gasteiger charge is 2.28. The van der Waals surface area contributed by atoms with Crippen molar-refractivity contribution in [2.24, 2.45) is 0 Å². The van der Waals surface area contributed by atoms with Crippen LogP contribution >= 0.6 is 0 Å². The Morgan fingerprint density at radius 1 is 0.973 bits per heavy atom.